The minimum absolute atomic E-state index is 0.230. The Kier molecular flexibility index (Phi) is 6.12. The van der Waals surface area contributed by atoms with Crippen LogP contribution in [0.25, 0.3) is 0 Å². The summed E-state index contributed by atoms with van der Waals surface area (Å²) in [7, 11) is 1.84. The molecule has 0 saturated carbocycles. The number of anilines is 2. The van der Waals surface area contributed by atoms with Gasteiger partial charge in [-0.05, 0) is 42.8 Å². The molecule has 2 aromatic heterocycles. The number of aryl methyl sites for hydroxylation is 1. The van der Waals surface area contributed by atoms with Crippen LogP contribution in [0.5, 0.6) is 11.5 Å². The number of carbonyl (C=O) groups excluding carboxylic acids is 1. The average Bonchev–Trinajstić information content (AvgIpc) is 3.18. The largest absolute Gasteiger partial charge is 0.457 e. The van der Waals surface area contributed by atoms with E-state index in [-0.39, 0.29) is 18.3 Å². The lowest BCUT2D eigenvalue weighted by Crippen LogP contribution is -2.23. The molecule has 0 fully saturated rings. The van der Waals surface area contributed by atoms with Crippen LogP contribution in [0.15, 0.2) is 73.1 Å². The summed E-state index contributed by atoms with van der Waals surface area (Å²) < 4.78 is 21.1. The molecule has 0 aliphatic heterocycles. The van der Waals surface area contributed by atoms with Gasteiger partial charge in [0.1, 0.15) is 23.1 Å². The van der Waals surface area contributed by atoms with Crippen molar-refractivity contribution in [3.8, 4) is 11.5 Å². The number of amides is 1. The number of rotatable bonds is 7. The first-order valence-corrected chi connectivity index (χ1v) is 10.0. The first kappa shape index (κ1) is 21.0. The SMILES string of the molecule is Cc1c(Oc2ccnc(Nc3ccn(C)n3)c2)cccc1C(=O)NCc1cccc(F)c1. The minimum Gasteiger partial charge on any atom is -0.457 e. The summed E-state index contributed by atoms with van der Waals surface area (Å²) in [6, 6.07) is 16.7. The number of aromatic nitrogens is 3. The summed E-state index contributed by atoms with van der Waals surface area (Å²) in [4.78, 5) is 17.0. The fourth-order valence-corrected chi connectivity index (χ4v) is 3.18. The maximum atomic E-state index is 13.3. The van der Waals surface area contributed by atoms with Gasteiger partial charge >= 0.3 is 0 Å². The van der Waals surface area contributed by atoms with Crippen LogP contribution in [-0.4, -0.2) is 20.7 Å². The third-order valence-electron chi connectivity index (χ3n) is 4.80. The molecule has 2 N–H and O–H groups in total. The van der Waals surface area contributed by atoms with Gasteiger partial charge in [0, 0.05) is 49.2 Å². The fraction of sp³-hybridized carbons (Fsp3) is 0.125. The van der Waals surface area contributed by atoms with E-state index in [0.717, 1.165) is 0 Å². The Balaban J connectivity index is 1.46. The van der Waals surface area contributed by atoms with E-state index in [1.165, 1.54) is 12.1 Å². The molecule has 0 atom stereocenters. The van der Waals surface area contributed by atoms with Crippen LogP contribution in [-0.2, 0) is 13.6 Å². The van der Waals surface area contributed by atoms with Gasteiger partial charge in [-0.1, -0.05) is 18.2 Å². The van der Waals surface area contributed by atoms with Crippen LogP contribution in [0.1, 0.15) is 21.5 Å². The molecule has 2 heterocycles. The number of nitrogens with one attached hydrogen (secondary N) is 2. The maximum absolute atomic E-state index is 13.3. The lowest BCUT2D eigenvalue weighted by Gasteiger charge is -2.13. The molecular weight excluding hydrogens is 409 g/mol. The lowest BCUT2D eigenvalue weighted by molar-refractivity contribution is 0.0950. The van der Waals surface area contributed by atoms with Crippen molar-refractivity contribution in [1.29, 1.82) is 0 Å². The van der Waals surface area contributed by atoms with Gasteiger partial charge < -0.3 is 15.4 Å². The van der Waals surface area contributed by atoms with Crippen molar-refractivity contribution in [3.63, 3.8) is 0 Å². The molecule has 162 valence electrons. The Bertz CT molecular complexity index is 1250. The van der Waals surface area contributed by atoms with Gasteiger partial charge in [-0.2, -0.15) is 5.10 Å². The van der Waals surface area contributed by atoms with Crippen LogP contribution in [0, 0.1) is 12.7 Å². The van der Waals surface area contributed by atoms with E-state index in [2.05, 4.69) is 20.7 Å². The summed E-state index contributed by atoms with van der Waals surface area (Å²) in [5.74, 6) is 1.78. The van der Waals surface area contributed by atoms with Crippen molar-refractivity contribution in [3.05, 3.63) is 95.6 Å². The summed E-state index contributed by atoms with van der Waals surface area (Å²) in [6.45, 7) is 2.05. The van der Waals surface area contributed by atoms with Crippen LogP contribution < -0.4 is 15.4 Å². The molecule has 0 unspecified atom stereocenters. The molecule has 4 rings (SSSR count). The maximum Gasteiger partial charge on any atom is 0.251 e. The monoisotopic (exact) mass is 431 g/mol. The average molecular weight is 431 g/mol. The third kappa shape index (κ3) is 5.10. The molecule has 0 spiro atoms. The van der Waals surface area contributed by atoms with Crippen molar-refractivity contribution in [1.82, 2.24) is 20.1 Å². The van der Waals surface area contributed by atoms with E-state index in [1.54, 1.807) is 53.3 Å². The molecule has 0 saturated heterocycles. The zero-order valence-corrected chi connectivity index (χ0v) is 17.7. The molecule has 32 heavy (non-hydrogen) atoms. The van der Waals surface area contributed by atoms with Crippen molar-refractivity contribution < 1.29 is 13.9 Å². The first-order valence-electron chi connectivity index (χ1n) is 10.0. The summed E-state index contributed by atoms with van der Waals surface area (Å²) in [6.07, 6.45) is 3.46. The molecule has 4 aromatic rings. The molecule has 8 heteroatoms. The van der Waals surface area contributed by atoms with Gasteiger partial charge in [-0.3, -0.25) is 9.48 Å². The standard InChI is InChI=1S/C24H22FN5O2/c1-16-20(24(31)27-15-17-5-3-6-18(25)13-17)7-4-8-21(16)32-19-9-11-26-23(14-19)28-22-10-12-30(2)29-22/h3-14H,15H2,1-2H3,(H,27,31)(H,26,28,29). The van der Waals surface area contributed by atoms with E-state index in [4.69, 9.17) is 4.74 Å². The van der Waals surface area contributed by atoms with E-state index < -0.39 is 0 Å². The Labute approximate surface area is 184 Å². The molecule has 0 aliphatic rings. The zero-order chi connectivity index (χ0) is 22.5. The highest BCUT2D eigenvalue weighted by atomic mass is 19.1. The third-order valence-corrected chi connectivity index (χ3v) is 4.80. The van der Waals surface area contributed by atoms with Gasteiger partial charge in [-0.25, -0.2) is 9.37 Å². The Morgan fingerprint density at radius 2 is 1.94 bits per heavy atom. The van der Waals surface area contributed by atoms with Gasteiger partial charge in [0.15, 0.2) is 5.82 Å². The number of hydrogen-bond donors (Lipinski definition) is 2. The second-order valence-corrected chi connectivity index (χ2v) is 7.22. The second kappa shape index (κ2) is 9.30. The van der Waals surface area contributed by atoms with Gasteiger partial charge in [0.25, 0.3) is 5.91 Å². The number of halogens is 1. The molecule has 0 radical (unpaired) electrons. The predicted octanol–water partition coefficient (Wildman–Crippen LogP) is 4.73. The minimum atomic E-state index is -0.336. The highest BCUT2D eigenvalue weighted by Crippen LogP contribution is 2.28. The highest BCUT2D eigenvalue weighted by molar-refractivity contribution is 5.96. The molecule has 0 aliphatic carbocycles. The number of ether oxygens (including phenoxy) is 1. The Morgan fingerprint density at radius 3 is 2.72 bits per heavy atom. The van der Waals surface area contributed by atoms with Gasteiger partial charge in [-0.15, -0.1) is 0 Å². The van der Waals surface area contributed by atoms with Crippen LogP contribution in [0.4, 0.5) is 16.0 Å². The number of hydrogen-bond acceptors (Lipinski definition) is 5. The van der Waals surface area contributed by atoms with Crippen molar-refractivity contribution in [2.24, 2.45) is 7.05 Å². The predicted molar refractivity (Wildman–Crippen MR) is 120 cm³/mol. The van der Waals surface area contributed by atoms with E-state index in [1.807, 2.05) is 26.2 Å². The van der Waals surface area contributed by atoms with Gasteiger partial charge in [0.05, 0.1) is 0 Å². The molecule has 7 nitrogen and oxygen atoms in total. The second-order valence-electron chi connectivity index (χ2n) is 7.22. The number of carbonyl (C=O) groups is 1. The first-order chi connectivity index (χ1) is 15.5. The van der Waals surface area contributed by atoms with E-state index in [9.17, 15) is 9.18 Å². The lowest BCUT2D eigenvalue weighted by atomic mass is 10.1. The van der Waals surface area contributed by atoms with Crippen LogP contribution in [0.3, 0.4) is 0 Å². The summed E-state index contributed by atoms with van der Waals surface area (Å²) >= 11 is 0. The smallest absolute Gasteiger partial charge is 0.251 e. The fourth-order valence-electron chi connectivity index (χ4n) is 3.18. The van der Waals surface area contributed by atoms with Crippen molar-refractivity contribution >= 4 is 17.5 Å². The summed E-state index contributed by atoms with van der Waals surface area (Å²) in [5, 5.41) is 10.2. The molecular formula is C24H22FN5O2. The van der Waals surface area contributed by atoms with E-state index in [0.29, 0.717) is 39.8 Å². The Morgan fingerprint density at radius 1 is 1.09 bits per heavy atom. The van der Waals surface area contributed by atoms with E-state index >= 15 is 0 Å². The van der Waals surface area contributed by atoms with Crippen molar-refractivity contribution in [2.75, 3.05) is 5.32 Å². The molecule has 1 amide bonds. The van der Waals surface area contributed by atoms with Crippen LogP contribution >= 0.6 is 0 Å². The summed E-state index contributed by atoms with van der Waals surface area (Å²) in [5.41, 5.74) is 1.87. The number of pyridine rings is 1. The quantitative estimate of drug-likeness (QED) is 0.442. The highest BCUT2D eigenvalue weighted by Gasteiger charge is 2.13. The molecule has 0 bridgehead atoms. The normalized spacial score (nSPS) is 10.6. The zero-order valence-electron chi connectivity index (χ0n) is 17.7. The van der Waals surface area contributed by atoms with Gasteiger partial charge in [0.2, 0.25) is 0 Å². The molecule has 2 aromatic carbocycles. The number of nitrogens with zero attached hydrogens (tertiary/aromatic N) is 3. The van der Waals surface area contributed by atoms with Crippen molar-refractivity contribution in [2.45, 2.75) is 13.5 Å². The Hall–Kier alpha value is -4.20. The topological polar surface area (TPSA) is 81.1 Å². The number of benzene rings is 2. The van der Waals surface area contributed by atoms with Crippen LogP contribution in [0.2, 0.25) is 0 Å².